The maximum Gasteiger partial charge on any atom is 0.138 e. The van der Waals surface area contributed by atoms with Crippen LogP contribution in [0.1, 0.15) is 19.3 Å². The third-order valence-corrected chi connectivity index (χ3v) is 4.21. The van der Waals surface area contributed by atoms with Crippen LogP contribution in [0.15, 0.2) is 43.0 Å². The molecule has 1 saturated heterocycles. The lowest BCUT2D eigenvalue weighted by Gasteiger charge is -2.28. The van der Waals surface area contributed by atoms with Gasteiger partial charge in [0.15, 0.2) is 0 Å². The number of aromatic nitrogens is 3. The van der Waals surface area contributed by atoms with E-state index in [-0.39, 0.29) is 0 Å². The smallest absolute Gasteiger partial charge is 0.138 e. The number of H-pyrrole nitrogens is 1. The number of hydrogen-bond acceptors (Lipinski definition) is 3. The summed E-state index contributed by atoms with van der Waals surface area (Å²) in [6.45, 7) is 2.28. The van der Waals surface area contributed by atoms with E-state index in [4.69, 9.17) is 0 Å². The van der Waals surface area contributed by atoms with Crippen molar-refractivity contribution in [2.45, 2.75) is 19.3 Å². The van der Waals surface area contributed by atoms with Gasteiger partial charge in [-0.1, -0.05) is 6.07 Å². The Hall–Kier alpha value is -2.36. The van der Waals surface area contributed by atoms with E-state index >= 15 is 0 Å². The average Bonchev–Trinajstić information content (AvgIpc) is 2.99. The lowest BCUT2D eigenvalue weighted by molar-refractivity contribution is 0.577. The molecule has 0 radical (unpaired) electrons. The van der Waals surface area contributed by atoms with Gasteiger partial charge >= 0.3 is 0 Å². The van der Waals surface area contributed by atoms with Gasteiger partial charge in [-0.25, -0.2) is 4.98 Å². The Bertz CT molecular complexity index is 742. The molecule has 0 spiro atoms. The molecule has 21 heavy (non-hydrogen) atoms. The quantitative estimate of drug-likeness (QED) is 0.778. The Kier molecular flexibility index (Phi) is 3.07. The van der Waals surface area contributed by atoms with E-state index in [0.29, 0.717) is 0 Å². The van der Waals surface area contributed by atoms with Crippen molar-refractivity contribution in [3.63, 3.8) is 0 Å². The Labute approximate surface area is 123 Å². The maximum absolute atomic E-state index is 4.58. The number of hydrogen-bond donors (Lipinski definition) is 1. The second-order valence-corrected chi connectivity index (χ2v) is 5.58. The zero-order valence-corrected chi connectivity index (χ0v) is 11.9. The van der Waals surface area contributed by atoms with Crippen LogP contribution in [-0.2, 0) is 0 Å². The number of fused-ring (bicyclic) bond motifs is 1. The molecule has 4 nitrogen and oxygen atoms in total. The molecule has 4 heterocycles. The monoisotopic (exact) mass is 278 g/mol. The molecule has 0 aliphatic carbocycles. The number of aromatic amines is 1. The van der Waals surface area contributed by atoms with E-state index in [2.05, 4.69) is 32.0 Å². The van der Waals surface area contributed by atoms with Crippen molar-refractivity contribution in [1.29, 1.82) is 0 Å². The summed E-state index contributed by atoms with van der Waals surface area (Å²) >= 11 is 0. The minimum Gasteiger partial charge on any atom is -0.370 e. The standard InChI is InChI=1S/C17H18N4/c1-2-7-21(8-3-1)14-9-15-16(12-20-17(15)19-11-14)13-5-4-6-18-10-13/h4-6,9-12H,1-3,7-8H2,(H,19,20). The predicted octanol–water partition coefficient (Wildman–Crippen LogP) is 3.62. The SMILES string of the molecule is c1cncc(-c2c[nH]c3ncc(N4CCCCC4)cc23)c1. The number of piperidine rings is 1. The van der Waals surface area contributed by atoms with Crippen molar-refractivity contribution >= 4 is 16.7 Å². The van der Waals surface area contributed by atoms with E-state index in [1.165, 1.54) is 35.9 Å². The van der Waals surface area contributed by atoms with E-state index in [1.54, 1.807) is 6.20 Å². The highest BCUT2D eigenvalue weighted by Gasteiger charge is 2.14. The minimum absolute atomic E-state index is 0.939. The summed E-state index contributed by atoms with van der Waals surface area (Å²) in [7, 11) is 0. The highest BCUT2D eigenvalue weighted by Crippen LogP contribution is 2.30. The van der Waals surface area contributed by atoms with Gasteiger partial charge in [-0.05, 0) is 31.4 Å². The molecule has 1 aliphatic heterocycles. The van der Waals surface area contributed by atoms with Crippen LogP contribution in [0.5, 0.6) is 0 Å². The van der Waals surface area contributed by atoms with Crippen LogP contribution >= 0.6 is 0 Å². The molecule has 106 valence electrons. The second kappa shape index (κ2) is 5.20. The lowest BCUT2D eigenvalue weighted by Crippen LogP contribution is -2.29. The first-order chi connectivity index (χ1) is 10.4. The summed E-state index contributed by atoms with van der Waals surface area (Å²) in [6, 6.07) is 6.31. The van der Waals surface area contributed by atoms with Crippen LogP contribution in [0.4, 0.5) is 5.69 Å². The highest BCUT2D eigenvalue weighted by molar-refractivity contribution is 5.95. The van der Waals surface area contributed by atoms with Gasteiger partial charge in [0.25, 0.3) is 0 Å². The normalized spacial score (nSPS) is 15.5. The molecular formula is C17H18N4. The molecule has 4 heteroatoms. The van der Waals surface area contributed by atoms with E-state index in [9.17, 15) is 0 Å². The average molecular weight is 278 g/mol. The van der Waals surface area contributed by atoms with Crippen molar-refractivity contribution in [1.82, 2.24) is 15.0 Å². The Morgan fingerprint density at radius 1 is 1.10 bits per heavy atom. The zero-order chi connectivity index (χ0) is 14.1. The van der Waals surface area contributed by atoms with Crippen molar-refractivity contribution < 1.29 is 0 Å². The maximum atomic E-state index is 4.58. The van der Waals surface area contributed by atoms with Crippen molar-refractivity contribution in [3.8, 4) is 11.1 Å². The van der Waals surface area contributed by atoms with Crippen molar-refractivity contribution in [2.75, 3.05) is 18.0 Å². The summed E-state index contributed by atoms with van der Waals surface area (Å²) in [5.74, 6) is 0. The summed E-state index contributed by atoms with van der Waals surface area (Å²) in [5.41, 5.74) is 4.47. The van der Waals surface area contributed by atoms with Crippen molar-refractivity contribution in [3.05, 3.63) is 43.0 Å². The van der Waals surface area contributed by atoms with Gasteiger partial charge < -0.3 is 9.88 Å². The number of pyridine rings is 2. The number of anilines is 1. The first-order valence-electron chi connectivity index (χ1n) is 7.54. The Balaban J connectivity index is 1.79. The molecule has 0 unspecified atom stereocenters. The molecule has 0 aromatic carbocycles. The summed E-state index contributed by atoms with van der Waals surface area (Å²) < 4.78 is 0. The third-order valence-electron chi connectivity index (χ3n) is 4.21. The van der Waals surface area contributed by atoms with Gasteiger partial charge in [0.1, 0.15) is 5.65 Å². The van der Waals surface area contributed by atoms with Crippen LogP contribution < -0.4 is 4.90 Å². The second-order valence-electron chi connectivity index (χ2n) is 5.58. The number of nitrogens with zero attached hydrogens (tertiary/aromatic N) is 3. The largest absolute Gasteiger partial charge is 0.370 e. The van der Waals surface area contributed by atoms with E-state index in [0.717, 1.165) is 24.3 Å². The molecular weight excluding hydrogens is 260 g/mol. The lowest BCUT2D eigenvalue weighted by atomic mass is 10.1. The molecule has 3 aromatic heterocycles. The summed E-state index contributed by atoms with van der Waals surface area (Å²) in [4.78, 5) is 14.5. The molecule has 3 aromatic rings. The zero-order valence-electron chi connectivity index (χ0n) is 11.9. The van der Waals surface area contributed by atoms with Crippen LogP contribution in [0.2, 0.25) is 0 Å². The molecule has 1 N–H and O–H groups in total. The van der Waals surface area contributed by atoms with Crippen molar-refractivity contribution in [2.24, 2.45) is 0 Å². The van der Waals surface area contributed by atoms with Gasteiger partial charge in [0, 0.05) is 48.2 Å². The summed E-state index contributed by atoms with van der Waals surface area (Å²) in [5, 5.41) is 1.17. The third kappa shape index (κ3) is 2.27. The Morgan fingerprint density at radius 2 is 2.00 bits per heavy atom. The van der Waals surface area contributed by atoms with Gasteiger partial charge in [-0.2, -0.15) is 0 Å². The van der Waals surface area contributed by atoms with Crippen LogP contribution in [0.3, 0.4) is 0 Å². The van der Waals surface area contributed by atoms with Crippen LogP contribution in [0, 0.1) is 0 Å². The molecule has 0 bridgehead atoms. The topological polar surface area (TPSA) is 44.8 Å². The molecule has 0 saturated carbocycles. The fourth-order valence-electron chi connectivity index (χ4n) is 3.08. The van der Waals surface area contributed by atoms with Gasteiger partial charge in [0.05, 0.1) is 11.9 Å². The first kappa shape index (κ1) is 12.4. The fourth-order valence-corrected chi connectivity index (χ4v) is 3.08. The molecule has 1 fully saturated rings. The predicted molar refractivity (Wildman–Crippen MR) is 85.4 cm³/mol. The fraction of sp³-hybridized carbons (Fsp3) is 0.294. The summed E-state index contributed by atoms with van der Waals surface area (Å²) in [6.07, 6.45) is 11.6. The molecule has 0 atom stereocenters. The van der Waals surface area contributed by atoms with Gasteiger partial charge in [-0.15, -0.1) is 0 Å². The van der Waals surface area contributed by atoms with Gasteiger partial charge in [-0.3, -0.25) is 4.98 Å². The van der Waals surface area contributed by atoms with Crippen LogP contribution in [-0.4, -0.2) is 28.0 Å². The minimum atomic E-state index is 0.939. The number of rotatable bonds is 2. The number of nitrogens with one attached hydrogen (secondary N) is 1. The van der Waals surface area contributed by atoms with E-state index in [1.807, 2.05) is 24.7 Å². The molecule has 4 rings (SSSR count). The van der Waals surface area contributed by atoms with E-state index < -0.39 is 0 Å². The highest BCUT2D eigenvalue weighted by atomic mass is 15.1. The van der Waals surface area contributed by atoms with Crippen LogP contribution in [0.25, 0.3) is 22.2 Å². The molecule has 1 aliphatic rings. The molecule has 0 amide bonds. The first-order valence-corrected chi connectivity index (χ1v) is 7.54. The van der Waals surface area contributed by atoms with Gasteiger partial charge in [0.2, 0.25) is 0 Å². The Morgan fingerprint density at radius 3 is 2.81 bits per heavy atom.